The van der Waals surface area contributed by atoms with E-state index in [0.717, 1.165) is 19.0 Å². The summed E-state index contributed by atoms with van der Waals surface area (Å²) in [6.45, 7) is 0. The van der Waals surface area contributed by atoms with Gasteiger partial charge in [-0.2, -0.15) is 0 Å². The topological polar surface area (TPSA) is 82.0 Å². The van der Waals surface area contributed by atoms with E-state index in [1.165, 1.54) is 6.07 Å². The highest BCUT2D eigenvalue weighted by Crippen LogP contribution is 2.46. The first-order valence-electron chi connectivity index (χ1n) is 4.12. The molecular weight excluding hydrogens is 206 g/mol. The first-order chi connectivity index (χ1) is 6.53. The van der Waals surface area contributed by atoms with Gasteiger partial charge in [-0.15, -0.1) is 0 Å². The lowest BCUT2D eigenvalue weighted by Crippen LogP contribution is -2.20. The molecule has 0 aliphatic heterocycles. The first-order valence-corrected chi connectivity index (χ1v) is 4.50. The lowest BCUT2D eigenvalue weighted by atomic mass is 10.1. The van der Waals surface area contributed by atoms with Crippen LogP contribution in [0.5, 0.6) is 0 Å². The lowest BCUT2D eigenvalue weighted by molar-refractivity contribution is -0.386. The van der Waals surface area contributed by atoms with Crippen molar-refractivity contribution < 1.29 is 4.92 Å². The molecule has 1 fully saturated rings. The van der Waals surface area contributed by atoms with Gasteiger partial charge in [-0.05, 0) is 18.9 Å². The van der Waals surface area contributed by atoms with E-state index in [1.807, 2.05) is 0 Å². The highest BCUT2D eigenvalue weighted by atomic mass is 35.5. The molecule has 1 saturated carbocycles. The number of nitrogens with zero attached hydrogens (tertiary/aromatic N) is 2. The van der Waals surface area contributed by atoms with Gasteiger partial charge in [0.25, 0.3) is 5.69 Å². The second-order valence-corrected chi connectivity index (χ2v) is 3.82. The summed E-state index contributed by atoms with van der Waals surface area (Å²) in [4.78, 5) is 13.9. The third-order valence-electron chi connectivity index (χ3n) is 2.37. The minimum absolute atomic E-state index is 0.0469. The summed E-state index contributed by atoms with van der Waals surface area (Å²) >= 11 is 5.67. The van der Waals surface area contributed by atoms with Crippen LogP contribution in [0.25, 0.3) is 0 Å². The Labute approximate surface area is 85.0 Å². The molecule has 1 aromatic heterocycles. The lowest BCUT2D eigenvalue weighted by Gasteiger charge is -2.08. The van der Waals surface area contributed by atoms with E-state index < -0.39 is 10.5 Å². The van der Waals surface area contributed by atoms with Gasteiger partial charge in [0, 0.05) is 5.54 Å². The number of nitrogens with two attached hydrogens (primary N) is 1. The Morgan fingerprint density at radius 3 is 2.79 bits per heavy atom. The monoisotopic (exact) mass is 213 g/mol. The molecule has 2 rings (SSSR count). The van der Waals surface area contributed by atoms with Gasteiger partial charge in [-0.3, -0.25) is 10.1 Å². The Morgan fingerprint density at radius 1 is 1.64 bits per heavy atom. The van der Waals surface area contributed by atoms with Crippen molar-refractivity contribution in [3.63, 3.8) is 0 Å². The normalized spacial score (nSPS) is 17.9. The Kier molecular flexibility index (Phi) is 1.94. The SMILES string of the molecule is NC1(c2cc(Cl)ncc2[N+](=O)[O-])CC1. The molecule has 74 valence electrons. The van der Waals surface area contributed by atoms with Gasteiger partial charge in [0.2, 0.25) is 0 Å². The largest absolute Gasteiger partial charge is 0.321 e. The smallest absolute Gasteiger partial charge is 0.292 e. The first kappa shape index (κ1) is 9.36. The molecule has 0 spiro atoms. The van der Waals surface area contributed by atoms with Crippen molar-refractivity contribution in [3.05, 3.63) is 33.1 Å². The Morgan fingerprint density at radius 2 is 2.29 bits per heavy atom. The Bertz CT molecular complexity index is 404. The molecule has 2 N–H and O–H groups in total. The predicted octanol–water partition coefficient (Wildman–Crippen LogP) is 1.59. The van der Waals surface area contributed by atoms with Gasteiger partial charge in [0.1, 0.15) is 11.3 Å². The van der Waals surface area contributed by atoms with Crippen LogP contribution in [0.3, 0.4) is 0 Å². The molecular formula is C8H8ClN3O2. The average molecular weight is 214 g/mol. The zero-order valence-corrected chi connectivity index (χ0v) is 7.99. The van der Waals surface area contributed by atoms with E-state index in [4.69, 9.17) is 17.3 Å². The second-order valence-electron chi connectivity index (χ2n) is 3.44. The molecule has 1 aliphatic carbocycles. The maximum Gasteiger partial charge on any atom is 0.292 e. The van der Waals surface area contributed by atoms with Crippen molar-refractivity contribution >= 4 is 17.3 Å². The van der Waals surface area contributed by atoms with Gasteiger partial charge in [-0.25, -0.2) is 4.98 Å². The number of aromatic nitrogens is 1. The zero-order chi connectivity index (χ0) is 10.3. The summed E-state index contributed by atoms with van der Waals surface area (Å²) in [6, 6.07) is 1.48. The van der Waals surface area contributed by atoms with Crippen LogP contribution in [-0.4, -0.2) is 9.91 Å². The maximum absolute atomic E-state index is 10.7. The van der Waals surface area contributed by atoms with E-state index in [9.17, 15) is 10.1 Å². The Balaban J connectivity index is 2.54. The quantitative estimate of drug-likeness (QED) is 0.460. The third-order valence-corrected chi connectivity index (χ3v) is 2.58. The van der Waals surface area contributed by atoms with Gasteiger partial charge in [0.15, 0.2) is 0 Å². The fourth-order valence-corrected chi connectivity index (χ4v) is 1.53. The van der Waals surface area contributed by atoms with Crippen LogP contribution in [0.1, 0.15) is 18.4 Å². The van der Waals surface area contributed by atoms with E-state index in [1.54, 1.807) is 0 Å². The van der Waals surface area contributed by atoms with Crippen LogP contribution in [0.15, 0.2) is 12.3 Å². The minimum atomic E-state index is -0.561. The summed E-state index contributed by atoms with van der Waals surface area (Å²) in [5.41, 5.74) is 5.77. The summed E-state index contributed by atoms with van der Waals surface area (Å²) < 4.78 is 0. The van der Waals surface area contributed by atoms with Crippen LogP contribution in [0.2, 0.25) is 5.15 Å². The van der Waals surface area contributed by atoms with E-state index >= 15 is 0 Å². The molecule has 0 atom stereocenters. The summed E-state index contributed by atoms with van der Waals surface area (Å²) in [5.74, 6) is 0. The van der Waals surface area contributed by atoms with Gasteiger partial charge in [-0.1, -0.05) is 11.6 Å². The Hall–Kier alpha value is -1.20. The summed E-state index contributed by atoms with van der Waals surface area (Å²) in [6.07, 6.45) is 2.67. The standard InChI is InChI=1S/C8H8ClN3O2/c9-7-3-5(8(10)1-2-8)6(4-11-7)12(13)14/h3-4H,1-2,10H2. The number of nitro groups is 1. The fraction of sp³-hybridized carbons (Fsp3) is 0.375. The predicted molar refractivity (Wildman–Crippen MR) is 51.0 cm³/mol. The van der Waals surface area contributed by atoms with E-state index in [0.29, 0.717) is 5.56 Å². The van der Waals surface area contributed by atoms with Crippen LogP contribution < -0.4 is 5.73 Å². The molecule has 0 saturated heterocycles. The number of pyridine rings is 1. The molecule has 0 unspecified atom stereocenters. The van der Waals surface area contributed by atoms with Crippen molar-refractivity contribution in [1.29, 1.82) is 0 Å². The fourth-order valence-electron chi connectivity index (χ4n) is 1.37. The van der Waals surface area contributed by atoms with Gasteiger partial charge in [0.05, 0.1) is 10.5 Å². The van der Waals surface area contributed by atoms with Crippen LogP contribution in [0.4, 0.5) is 5.69 Å². The van der Waals surface area contributed by atoms with E-state index in [2.05, 4.69) is 4.98 Å². The molecule has 1 aromatic rings. The molecule has 14 heavy (non-hydrogen) atoms. The van der Waals surface area contributed by atoms with Crippen molar-refractivity contribution in [1.82, 2.24) is 4.98 Å². The molecule has 0 amide bonds. The number of hydrogen-bond acceptors (Lipinski definition) is 4. The van der Waals surface area contributed by atoms with Crippen molar-refractivity contribution in [2.24, 2.45) is 5.73 Å². The molecule has 0 aromatic carbocycles. The third kappa shape index (κ3) is 1.44. The average Bonchev–Trinajstić information content (AvgIpc) is 2.84. The molecule has 1 heterocycles. The van der Waals surface area contributed by atoms with Crippen LogP contribution in [-0.2, 0) is 5.54 Å². The minimum Gasteiger partial charge on any atom is -0.321 e. The van der Waals surface area contributed by atoms with Gasteiger partial charge >= 0.3 is 0 Å². The highest BCUT2D eigenvalue weighted by Gasteiger charge is 2.44. The number of halogens is 1. The zero-order valence-electron chi connectivity index (χ0n) is 7.24. The molecule has 0 radical (unpaired) electrons. The van der Waals surface area contributed by atoms with Crippen molar-refractivity contribution in [2.45, 2.75) is 18.4 Å². The number of hydrogen-bond donors (Lipinski definition) is 1. The number of rotatable bonds is 2. The van der Waals surface area contributed by atoms with Crippen LogP contribution >= 0.6 is 11.6 Å². The van der Waals surface area contributed by atoms with Crippen molar-refractivity contribution in [3.8, 4) is 0 Å². The molecule has 6 heteroatoms. The summed E-state index contributed by atoms with van der Waals surface area (Å²) in [5, 5.41) is 10.9. The molecule has 1 aliphatic rings. The maximum atomic E-state index is 10.7. The van der Waals surface area contributed by atoms with Crippen LogP contribution in [0, 0.1) is 10.1 Å². The van der Waals surface area contributed by atoms with E-state index in [-0.39, 0.29) is 10.8 Å². The second kappa shape index (κ2) is 2.90. The highest BCUT2D eigenvalue weighted by molar-refractivity contribution is 6.29. The van der Waals surface area contributed by atoms with Gasteiger partial charge < -0.3 is 5.73 Å². The molecule has 0 bridgehead atoms. The molecule has 5 nitrogen and oxygen atoms in total. The summed E-state index contributed by atoms with van der Waals surface area (Å²) in [7, 11) is 0. The van der Waals surface area contributed by atoms with Crippen molar-refractivity contribution in [2.75, 3.05) is 0 Å².